The summed E-state index contributed by atoms with van der Waals surface area (Å²) in [5.74, 6) is 0.662. The quantitative estimate of drug-likeness (QED) is 0.829. The number of benzene rings is 1. The average Bonchev–Trinajstić information content (AvgIpc) is 2.39. The molecule has 1 atom stereocenters. The summed E-state index contributed by atoms with van der Waals surface area (Å²) in [6.45, 7) is 10.2. The molecule has 0 aromatic heterocycles. The Hall–Kier alpha value is -1.02. The van der Waals surface area contributed by atoms with Crippen molar-refractivity contribution in [3.8, 4) is 0 Å². The molecule has 1 aliphatic heterocycles. The Labute approximate surface area is 111 Å². The zero-order valence-electron chi connectivity index (χ0n) is 11.9. The second kappa shape index (κ2) is 5.75. The highest BCUT2D eigenvalue weighted by molar-refractivity contribution is 5.54. The molecule has 1 heterocycles. The number of hydrogen-bond acceptors (Lipinski definition) is 2. The van der Waals surface area contributed by atoms with Gasteiger partial charge in [-0.05, 0) is 29.9 Å². The summed E-state index contributed by atoms with van der Waals surface area (Å²) in [5, 5.41) is 7.14. The van der Waals surface area contributed by atoms with Crippen LogP contribution in [0.5, 0.6) is 0 Å². The molecule has 1 unspecified atom stereocenters. The third-order valence-electron chi connectivity index (χ3n) is 4.16. The topological polar surface area (TPSA) is 24.1 Å². The van der Waals surface area contributed by atoms with Crippen molar-refractivity contribution >= 4 is 5.69 Å². The normalized spacial score (nSPS) is 19.2. The van der Waals surface area contributed by atoms with Crippen LogP contribution in [0.2, 0.25) is 0 Å². The molecule has 2 nitrogen and oxygen atoms in total. The minimum absolute atomic E-state index is 0.409. The van der Waals surface area contributed by atoms with E-state index >= 15 is 0 Å². The van der Waals surface area contributed by atoms with Crippen molar-refractivity contribution in [1.29, 1.82) is 0 Å². The van der Waals surface area contributed by atoms with Crippen molar-refractivity contribution in [3.63, 3.8) is 0 Å². The van der Waals surface area contributed by atoms with E-state index in [-0.39, 0.29) is 0 Å². The lowest BCUT2D eigenvalue weighted by Gasteiger charge is -2.29. The van der Waals surface area contributed by atoms with E-state index in [0.717, 1.165) is 19.6 Å². The standard InChI is InChI=1S/C16H26N2/c1-4-16(2,3)12-17-11-13-9-10-18-15-8-6-5-7-14(13)15/h5-8,13,17-18H,4,9-12H2,1-3H3. The molecule has 1 aliphatic rings. The van der Waals surface area contributed by atoms with Gasteiger partial charge in [0, 0.05) is 31.2 Å². The Kier molecular flexibility index (Phi) is 4.28. The molecule has 100 valence electrons. The lowest BCUT2D eigenvalue weighted by Crippen LogP contribution is -2.33. The van der Waals surface area contributed by atoms with Crippen LogP contribution in [0.25, 0.3) is 0 Å². The van der Waals surface area contributed by atoms with Gasteiger partial charge in [0.05, 0.1) is 0 Å². The van der Waals surface area contributed by atoms with E-state index in [1.807, 2.05) is 0 Å². The highest BCUT2D eigenvalue weighted by Crippen LogP contribution is 2.30. The maximum atomic E-state index is 3.66. The summed E-state index contributed by atoms with van der Waals surface area (Å²) in [6.07, 6.45) is 2.46. The van der Waals surface area contributed by atoms with Gasteiger partial charge in [-0.3, -0.25) is 0 Å². The van der Waals surface area contributed by atoms with E-state index in [2.05, 4.69) is 55.7 Å². The maximum Gasteiger partial charge on any atom is 0.0376 e. The Morgan fingerprint density at radius 2 is 2.11 bits per heavy atom. The summed E-state index contributed by atoms with van der Waals surface area (Å²) in [7, 11) is 0. The van der Waals surface area contributed by atoms with E-state index in [9.17, 15) is 0 Å². The van der Waals surface area contributed by atoms with Gasteiger partial charge in [-0.1, -0.05) is 39.0 Å². The van der Waals surface area contributed by atoms with Gasteiger partial charge >= 0.3 is 0 Å². The molecule has 2 N–H and O–H groups in total. The monoisotopic (exact) mass is 246 g/mol. The van der Waals surface area contributed by atoms with Crippen molar-refractivity contribution in [2.24, 2.45) is 5.41 Å². The lowest BCUT2D eigenvalue weighted by atomic mass is 9.88. The predicted octanol–water partition coefficient (Wildman–Crippen LogP) is 3.61. The average molecular weight is 246 g/mol. The molecule has 2 rings (SSSR count). The van der Waals surface area contributed by atoms with Crippen LogP contribution in [0, 0.1) is 5.41 Å². The molecule has 0 spiro atoms. The minimum Gasteiger partial charge on any atom is -0.385 e. The van der Waals surface area contributed by atoms with Crippen LogP contribution >= 0.6 is 0 Å². The molecule has 0 saturated carbocycles. The van der Waals surface area contributed by atoms with Gasteiger partial charge in [-0.25, -0.2) is 0 Å². The molecule has 18 heavy (non-hydrogen) atoms. The van der Waals surface area contributed by atoms with Gasteiger partial charge < -0.3 is 10.6 Å². The Morgan fingerprint density at radius 3 is 2.89 bits per heavy atom. The predicted molar refractivity (Wildman–Crippen MR) is 79.2 cm³/mol. The zero-order chi connectivity index (χ0) is 13.0. The van der Waals surface area contributed by atoms with Gasteiger partial charge in [0.15, 0.2) is 0 Å². The number of nitrogens with one attached hydrogen (secondary N) is 2. The third kappa shape index (κ3) is 3.26. The second-order valence-corrected chi connectivity index (χ2v) is 6.15. The Bertz CT molecular complexity index is 384. The summed E-state index contributed by atoms with van der Waals surface area (Å²) in [4.78, 5) is 0. The Morgan fingerprint density at radius 1 is 1.33 bits per heavy atom. The molecule has 0 radical (unpaired) electrons. The molecule has 1 aromatic rings. The summed E-state index contributed by atoms with van der Waals surface area (Å²) < 4.78 is 0. The fourth-order valence-electron chi connectivity index (χ4n) is 2.47. The van der Waals surface area contributed by atoms with Crippen molar-refractivity contribution in [3.05, 3.63) is 29.8 Å². The van der Waals surface area contributed by atoms with Crippen molar-refractivity contribution in [2.75, 3.05) is 25.0 Å². The van der Waals surface area contributed by atoms with Gasteiger partial charge in [0.2, 0.25) is 0 Å². The van der Waals surface area contributed by atoms with E-state index in [4.69, 9.17) is 0 Å². The molecule has 1 aromatic carbocycles. The van der Waals surface area contributed by atoms with Crippen LogP contribution in [-0.4, -0.2) is 19.6 Å². The fraction of sp³-hybridized carbons (Fsp3) is 0.625. The van der Waals surface area contributed by atoms with E-state index < -0.39 is 0 Å². The van der Waals surface area contributed by atoms with Crippen LogP contribution < -0.4 is 10.6 Å². The van der Waals surface area contributed by atoms with E-state index in [1.54, 1.807) is 0 Å². The number of fused-ring (bicyclic) bond motifs is 1. The summed E-state index contributed by atoms with van der Waals surface area (Å²) in [5.41, 5.74) is 3.21. The molecule has 0 aliphatic carbocycles. The highest BCUT2D eigenvalue weighted by atomic mass is 14.9. The number of para-hydroxylation sites is 1. The molecular formula is C16H26N2. The van der Waals surface area contributed by atoms with Crippen molar-refractivity contribution < 1.29 is 0 Å². The molecular weight excluding hydrogens is 220 g/mol. The van der Waals surface area contributed by atoms with Gasteiger partial charge in [0.1, 0.15) is 0 Å². The molecule has 0 fully saturated rings. The second-order valence-electron chi connectivity index (χ2n) is 6.15. The summed E-state index contributed by atoms with van der Waals surface area (Å²) >= 11 is 0. The summed E-state index contributed by atoms with van der Waals surface area (Å²) in [6, 6.07) is 8.72. The van der Waals surface area contributed by atoms with Gasteiger partial charge in [-0.2, -0.15) is 0 Å². The first-order valence-corrected chi connectivity index (χ1v) is 7.16. The first-order valence-electron chi connectivity index (χ1n) is 7.16. The fourth-order valence-corrected chi connectivity index (χ4v) is 2.47. The van der Waals surface area contributed by atoms with Crippen LogP contribution in [0.4, 0.5) is 5.69 Å². The molecule has 0 bridgehead atoms. The molecule has 2 heteroatoms. The molecule has 0 amide bonds. The maximum absolute atomic E-state index is 3.66. The van der Waals surface area contributed by atoms with Crippen molar-refractivity contribution in [1.82, 2.24) is 5.32 Å². The smallest absolute Gasteiger partial charge is 0.0376 e. The first kappa shape index (κ1) is 13.4. The third-order valence-corrected chi connectivity index (χ3v) is 4.16. The van der Waals surface area contributed by atoms with E-state index in [1.165, 1.54) is 24.1 Å². The van der Waals surface area contributed by atoms with Crippen LogP contribution in [0.1, 0.15) is 45.1 Å². The van der Waals surface area contributed by atoms with E-state index in [0.29, 0.717) is 11.3 Å². The van der Waals surface area contributed by atoms with Crippen LogP contribution in [0.15, 0.2) is 24.3 Å². The van der Waals surface area contributed by atoms with Crippen LogP contribution in [0.3, 0.4) is 0 Å². The van der Waals surface area contributed by atoms with Gasteiger partial charge in [0.25, 0.3) is 0 Å². The SMILES string of the molecule is CCC(C)(C)CNCC1CCNc2ccccc21. The lowest BCUT2D eigenvalue weighted by molar-refractivity contribution is 0.323. The first-order chi connectivity index (χ1) is 8.62. The van der Waals surface area contributed by atoms with Gasteiger partial charge in [-0.15, -0.1) is 0 Å². The number of anilines is 1. The highest BCUT2D eigenvalue weighted by Gasteiger charge is 2.20. The largest absolute Gasteiger partial charge is 0.385 e. The van der Waals surface area contributed by atoms with Crippen LogP contribution in [-0.2, 0) is 0 Å². The Balaban J connectivity index is 1.92. The van der Waals surface area contributed by atoms with Crippen molar-refractivity contribution in [2.45, 2.75) is 39.5 Å². The number of rotatable bonds is 5. The molecule has 0 saturated heterocycles. The minimum atomic E-state index is 0.409. The zero-order valence-corrected chi connectivity index (χ0v) is 11.9. The number of hydrogen-bond donors (Lipinski definition) is 2.